The standard InChI is InChI=1S/C19H31F2N5/c1-5-22-18(23-9-10-24-19(2,3)4)25-15-8-11-26(13-15)17-7-6-14(20)12-16(17)21/h6-7,12,15,24H,5,8-11,13H2,1-4H3,(H2,22,23,25). The van der Waals surface area contributed by atoms with E-state index in [9.17, 15) is 8.78 Å². The molecule has 1 saturated heterocycles. The fourth-order valence-electron chi connectivity index (χ4n) is 2.95. The van der Waals surface area contributed by atoms with E-state index in [0.29, 0.717) is 18.8 Å². The van der Waals surface area contributed by atoms with Crippen molar-refractivity contribution in [2.75, 3.05) is 37.6 Å². The molecule has 0 bridgehead atoms. The quantitative estimate of drug-likeness (QED) is 0.411. The molecule has 2 rings (SSSR count). The zero-order valence-corrected chi connectivity index (χ0v) is 16.2. The van der Waals surface area contributed by atoms with Gasteiger partial charge in [-0.15, -0.1) is 0 Å². The van der Waals surface area contributed by atoms with Crippen LogP contribution in [0.25, 0.3) is 0 Å². The van der Waals surface area contributed by atoms with E-state index in [4.69, 9.17) is 0 Å². The van der Waals surface area contributed by atoms with Crippen molar-refractivity contribution in [2.45, 2.75) is 45.7 Å². The SMILES string of the molecule is CCNC(=NCCNC(C)(C)C)NC1CCN(c2ccc(F)cc2F)C1. The second-order valence-corrected chi connectivity index (χ2v) is 7.61. The molecular formula is C19H31F2N5. The Balaban J connectivity index is 1.89. The van der Waals surface area contributed by atoms with Crippen LogP contribution in [-0.2, 0) is 0 Å². The number of halogens is 2. The van der Waals surface area contributed by atoms with Gasteiger partial charge in [0.15, 0.2) is 5.96 Å². The molecule has 5 nitrogen and oxygen atoms in total. The van der Waals surface area contributed by atoms with Gasteiger partial charge in [-0.2, -0.15) is 0 Å². The second kappa shape index (κ2) is 9.16. The number of aliphatic imine (C=N–C) groups is 1. The van der Waals surface area contributed by atoms with Gasteiger partial charge in [0.1, 0.15) is 11.6 Å². The molecule has 1 unspecified atom stereocenters. The molecule has 26 heavy (non-hydrogen) atoms. The maximum absolute atomic E-state index is 14.0. The molecule has 0 radical (unpaired) electrons. The molecule has 3 N–H and O–H groups in total. The summed E-state index contributed by atoms with van der Waals surface area (Å²) in [7, 11) is 0. The van der Waals surface area contributed by atoms with Crippen molar-refractivity contribution in [3.05, 3.63) is 29.8 Å². The lowest BCUT2D eigenvalue weighted by Gasteiger charge is -2.21. The summed E-state index contributed by atoms with van der Waals surface area (Å²) in [6, 6.07) is 3.91. The summed E-state index contributed by atoms with van der Waals surface area (Å²) in [5.74, 6) is -0.292. The molecule has 0 saturated carbocycles. The van der Waals surface area contributed by atoms with Crippen molar-refractivity contribution in [3.8, 4) is 0 Å². The molecule has 1 aromatic carbocycles. The summed E-state index contributed by atoms with van der Waals surface area (Å²) in [5.41, 5.74) is 0.527. The molecule has 0 spiro atoms. The van der Waals surface area contributed by atoms with E-state index >= 15 is 0 Å². The fourth-order valence-corrected chi connectivity index (χ4v) is 2.95. The van der Waals surface area contributed by atoms with Crippen LogP contribution in [0.5, 0.6) is 0 Å². The van der Waals surface area contributed by atoms with E-state index in [2.05, 4.69) is 41.7 Å². The predicted octanol–water partition coefficient (Wildman–Crippen LogP) is 2.49. The summed E-state index contributed by atoms with van der Waals surface area (Å²) in [5, 5.41) is 10.1. The molecule has 0 aliphatic carbocycles. The Morgan fingerprint density at radius 3 is 2.73 bits per heavy atom. The zero-order chi connectivity index (χ0) is 19.2. The normalized spacial score (nSPS) is 18.3. The maximum atomic E-state index is 14.0. The number of anilines is 1. The average Bonchev–Trinajstić information content (AvgIpc) is 2.99. The average molecular weight is 367 g/mol. The van der Waals surface area contributed by atoms with Gasteiger partial charge in [0, 0.05) is 43.8 Å². The predicted molar refractivity (Wildman–Crippen MR) is 104 cm³/mol. The summed E-state index contributed by atoms with van der Waals surface area (Å²) in [4.78, 5) is 6.54. The molecule has 0 aromatic heterocycles. The highest BCUT2D eigenvalue weighted by molar-refractivity contribution is 5.80. The molecular weight excluding hydrogens is 336 g/mol. The lowest BCUT2D eigenvalue weighted by Crippen LogP contribution is -2.45. The minimum atomic E-state index is -0.550. The third kappa shape index (κ3) is 6.44. The van der Waals surface area contributed by atoms with Crippen LogP contribution in [0.4, 0.5) is 14.5 Å². The number of benzene rings is 1. The molecule has 7 heteroatoms. The van der Waals surface area contributed by atoms with Gasteiger partial charge in [-0.05, 0) is 46.2 Å². The number of hydrogen-bond donors (Lipinski definition) is 3. The van der Waals surface area contributed by atoms with E-state index in [1.807, 2.05) is 11.8 Å². The van der Waals surface area contributed by atoms with Gasteiger partial charge >= 0.3 is 0 Å². The van der Waals surface area contributed by atoms with Crippen LogP contribution < -0.4 is 20.9 Å². The van der Waals surface area contributed by atoms with Crippen molar-refractivity contribution in [1.29, 1.82) is 0 Å². The lowest BCUT2D eigenvalue weighted by molar-refractivity contribution is 0.432. The minimum absolute atomic E-state index is 0.0759. The van der Waals surface area contributed by atoms with Crippen LogP contribution in [0.3, 0.4) is 0 Å². The Hall–Kier alpha value is -1.89. The van der Waals surface area contributed by atoms with Crippen molar-refractivity contribution < 1.29 is 8.78 Å². The van der Waals surface area contributed by atoms with Gasteiger partial charge in [0.2, 0.25) is 0 Å². The Labute approximate surface area is 155 Å². The first-order valence-corrected chi connectivity index (χ1v) is 9.28. The van der Waals surface area contributed by atoms with Crippen molar-refractivity contribution in [2.24, 2.45) is 4.99 Å². The van der Waals surface area contributed by atoms with E-state index in [0.717, 1.165) is 38.1 Å². The van der Waals surface area contributed by atoms with Gasteiger partial charge in [-0.25, -0.2) is 8.78 Å². The number of rotatable bonds is 6. The summed E-state index contributed by atoms with van der Waals surface area (Å²) in [6.07, 6.45) is 0.876. The third-order valence-corrected chi connectivity index (χ3v) is 4.16. The van der Waals surface area contributed by atoms with Crippen LogP contribution in [0.2, 0.25) is 0 Å². The lowest BCUT2D eigenvalue weighted by atomic mass is 10.1. The molecule has 1 heterocycles. The molecule has 1 aliphatic rings. The van der Waals surface area contributed by atoms with E-state index in [-0.39, 0.29) is 11.6 Å². The topological polar surface area (TPSA) is 51.7 Å². The Bertz CT molecular complexity index is 612. The summed E-state index contributed by atoms with van der Waals surface area (Å²) < 4.78 is 27.1. The smallest absolute Gasteiger partial charge is 0.191 e. The van der Waals surface area contributed by atoms with Crippen LogP contribution in [0.1, 0.15) is 34.1 Å². The Morgan fingerprint density at radius 1 is 1.31 bits per heavy atom. The van der Waals surface area contributed by atoms with Gasteiger partial charge in [-0.3, -0.25) is 4.99 Å². The van der Waals surface area contributed by atoms with Crippen molar-refractivity contribution in [1.82, 2.24) is 16.0 Å². The third-order valence-electron chi connectivity index (χ3n) is 4.16. The van der Waals surface area contributed by atoms with Gasteiger partial charge in [0.05, 0.1) is 12.2 Å². The first kappa shape index (κ1) is 20.4. The molecule has 1 aliphatic heterocycles. The van der Waals surface area contributed by atoms with Crippen LogP contribution in [-0.4, -0.2) is 50.3 Å². The molecule has 146 valence electrons. The van der Waals surface area contributed by atoms with Crippen molar-refractivity contribution >= 4 is 11.6 Å². The van der Waals surface area contributed by atoms with E-state index in [1.54, 1.807) is 0 Å². The number of nitrogens with zero attached hydrogens (tertiary/aromatic N) is 2. The highest BCUT2D eigenvalue weighted by Crippen LogP contribution is 2.24. The van der Waals surface area contributed by atoms with Gasteiger partial charge in [-0.1, -0.05) is 0 Å². The zero-order valence-electron chi connectivity index (χ0n) is 16.2. The molecule has 1 atom stereocenters. The molecule has 0 amide bonds. The molecule has 1 fully saturated rings. The number of hydrogen-bond acceptors (Lipinski definition) is 3. The highest BCUT2D eigenvalue weighted by atomic mass is 19.1. The summed E-state index contributed by atoms with van der Waals surface area (Å²) >= 11 is 0. The summed E-state index contributed by atoms with van der Waals surface area (Å²) in [6.45, 7) is 12.1. The van der Waals surface area contributed by atoms with Crippen LogP contribution >= 0.6 is 0 Å². The van der Waals surface area contributed by atoms with Crippen LogP contribution in [0, 0.1) is 11.6 Å². The first-order valence-electron chi connectivity index (χ1n) is 9.28. The van der Waals surface area contributed by atoms with Gasteiger partial charge < -0.3 is 20.9 Å². The second-order valence-electron chi connectivity index (χ2n) is 7.61. The van der Waals surface area contributed by atoms with Gasteiger partial charge in [0.25, 0.3) is 0 Å². The molecule has 1 aromatic rings. The minimum Gasteiger partial charge on any atom is -0.367 e. The Morgan fingerprint density at radius 2 is 2.08 bits per heavy atom. The van der Waals surface area contributed by atoms with Crippen molar-refractivity contribution in [3.63, 3.8) is 0 Å². The maximum Gasteiger partial charge on any atom is 0.191 e. The number of guanidine groups is 1. The fraction of sp³-hybridized carbons (Fsp3) is 0.632. The highest BCUT2D eigenvalue weighted by Gasteiger charge is 2.25. The monoisotopic (exact) mass is 367 g/mol. The number of nitrogens with one attached hydrogen (secondary N) is 3. The van der Waals surface area contributed by atoms with E-state index < -0.39 is 11.6 Å². The first-order chi connectivity index (χ1) is 12.3. The van der Waals surface area contributed by atoms with Crippen LogP contribution in [0.15, 0.2) is 23.2 Å². The largest absolute Gasteiger partial charge is 0.367 e. The Kier molecular flexibility index (Phi) is 7.20. The van der Waals surface area contributed by atoms with E-state index in [1.165, 1.54) is 12.1 Å².